The van der Waals surface area contributed by atoms with Gasteiger partial charge in [-0.3, -0.25) is 4.79 Å². The Kier molecular flexibility index (Phi) is 4.88. The molecule has 7 heteroatoms. The van der Waals surface area contributed by atoms with Crippen molar-refractivity contribution < 1.29 is 4.79 Å². The zero-order valence-electron chi connectivity index (χ0n) is 12.9. The topological polar surface area (TPSA) is 90.7 Å². The summed E-state index contributed by atoms with van der Waals surface area (Å²) in [6.45, 7) is 0. The number of nitrogens with zero attached hydrogens (tertiary/aromatic N) is 3. The fourth-order valence-corrected chi connectivity index (χ4v) is 2.29. The monoisotopic (exact) mass is 349 g/mol. The van der Waals surface area contributed by atoms with E-state index in [2.05, 4.69) is 26.9 Å². The summed E-state index contributed by atoms with van der Waals surface area (Å²) < 4.78 is 0. The molecule has 2 aromatic carbocycles. The maximum absolute atomic E-state index is 12.1. The van der Waals surface area contributed by atoms with Gasteiger partial charge in [0, 0.05) is 16.3 Å². The second-order valence-corrected chi connectivity index (χ2v) is 5.52. The number of carbonyl (C=O) groups excluding carboxylic acids is 1. The van der Waals surface area contributed by atoms with Crippen LogP contribution in [0.25, 0.3) is 0 Å². The number of benzene rings is 2. The van der Waals surface area contributed by atoms with E-state index in [9.17, 15) is 4.79 Å². The number of halogens is 1. The minimum absolute atomic E-state index is 0.320. The van der Waals surface area contributed by atoms with Crippen LogP contribution in [0.4, 0.5) is 17.3 Å². The minimum atomic E-state index is -0.320. The summed E-state index contributed by atoms with van der Waals surface area (Å²) in [6, 6.07) is 19.0. The van der Waals surface area contributed by atoms with Gasteiger partial charge in [0.25, 0.3) is 5.91 Å². The van der Waals surface area contributed by atoms with Gasteiger partial charge in [-0.15, -0.1) is 10.2 Å². The fourth-order valence-electron chi connectivity index (χ4n) is 2.10. The lowest BCUT2D eigenvalue weighted by molar-refractivity contribution is 0.102. The molecule has 0 spiro atoms. The maximum Gasteiger partial charge on any atom is 0.256 e. The van der Waals surface area contributed by atoms with Crippen LogP contribution in [0.3, 0.4) is 0 Å². The molecule has 0 aliphatic heterocycles. The van der Waals surface area contributed by atoms with E-state index >= 15 is 0 Å². The van der Waals surface area contributed by atoms with Crippen molar-refractivity contribution >= 4 is 34.8 Å². The first-order valence-electron chi connectivity index (χ1n) is 7.32. The van der Waals surface area contributed by atoms with Gasteiger partial charge in [0.2, 0.25) is 0 Å². The Morgan fingerprint density at radius 3 is 2.48 bits per heavy atom. The number of carbonyl (C=O) groups is 1. The summed E-state index contributed by atoms with van der Waals surface area (Å²) >= 11 is 5.87. The number of hydrogen-bond acceptors (Lipinski definition) is 5. The molecule has 0 fully saturated rings. The third-order valence-corrected chi connectivity index (χ3v) is 3.49. The Balaban J connectivity index is 1.68. The lowest BCUT2D eigenvalue weighted by Gasteiger charge is -2.07. The van der Waals surface area contributed by atoms with Gasteiger partial charge in [-0.05, 0) is 48.5 Å². The highest BCUT2D eigenvalue weighted by Crippen LogP contribution is 2.17. The highest BCUT2D eigenvalue weighted by molar-refractivity contribution is 6.31. The van der Waals surface area contributed by atoms with Gasteiger partial charge in [0.05, 0.1) is 11.6 Å². The van der Waals surface area contributed by atoms with Gasteiger partial charge < -0.3 is 10.6 Å². The summed E-state index contributed by atoms with van der Waals surface area (Å²) in [5.74, 6) is 0.497. The third-order valence-electron chi connectivity index (χ3n) is 3.26. The van der Waals surface area contributed by atoms with Crippen LogP contribution in [-0.2, 0) is 0 Å². The van der Waals surface area contributed by atoms with Crippen molar-refractivity contribution in [1.29, 1.82) is 5.26 Å². The zero-order valence-corrected chi connectivity index (χ0v) is 13.7. The van der Waals surface area contributed by atoms with E-state index in [0.717, 1.165) is 5.69 Å². The molecule has 0 aliphatic carbocycles. The standard InChI is InChI=1S/C18H12ClN5O/c19-14-5-2-4-13(10-14)18(25)22-17-8-7-16(23-24-17)21-15-6-1-3-12(9-15)11-20/h1-10H,(H,21,23)(H,22,24,25). The molecule has 1 aromatic heterocycles. The molecule has 0 unspecified atom stereocenters. The van der Waals surface area contributed by atoms with Gasteiger partial charge in [-0.25, -0.2) is 0 Å². The van der Waals surface area contributed by atoms with Crippen molar-refractivity contribution in [3.63, 3.8) is 0 Å². The van der Waals surface area contributed by atoms with Crippen LogP contribution in [0.5, 0.6) is 0 Å². The first-order chi connectivity index (χ1) is 12.1. The summed E-state index contributed by atoms with van der Waals surface area (Å²) in [4.78, 5) is 12.1. The molecule has 3 rings (SSSR count). The van der Waals surface area contributed by atoms with E-state index in [1.807, 2.05) is 6.07 Å². The van der Waals surface area contributed by atoms with Crippen LogP contribution >= 0.6 is 11.6 Å². The molecule has 122 valence electrons. The van der Waals surface area contributed by atoms with Crippen LogP contribution in [0.2, 0.25) is 5.02 Å². The Morgan fingerprint density at radius 2 is 1.76 bits per heavy atom. The average Bonchev–Trinajstić information content (AvgIpc) is 2.63. The van der Waals surface area contributed by atoms with Crippen molar-refractivity contribution in [1.82, 2.24) is 10.2 Å². The highest BCUT2D eigenvalue weighted by Gasteiger charge is 2.08. The summed E-state index contributed by atoms with van der Waals surface area (Å²) in [5, 5.41) is 23.1. The van der Waals surface area contributed by atoms with Crippen molar-refractivity contribution in [3.05, 3.63) is 76.8 Å². The average molecular weight is 350 g/mol. The molecule has 2 N–H and O–H groups in total. The third kappa shape index (κ3) is 4.31. The molecule has 1 heterocycles. The van der Waals surface area contributed by atoms with Crippen LogP contribution in [0.1, 0.15) is 15.9 Å². The molecule has 0 radical (unpaired) electrons. The number of anilines is 3. The lowest BCUT2D eigenvalue weighted by Crippen LogP contribution is -2.13. The second kappa shape index (κ2) is 7.43. The minimum Gasteiger partial charge on any atom is -0.339 e. The van der Waals surface area contributed by atoms with Crippen molar-refractivity contribution in [3.8, 4) is 6.07 Å². The second-order valence-electron chi connectivity index (χ2n) is 5.09. The van der Waals surface area contributed by atoms with Crippen LogP contribution in [0.15, 0.2) is 60.7 Å². The Hall–Kier alpha value is -3.43. The predicted octanol–water partition coefficient (Wildman–Crippen LogP) is 4.00. The molecule has 6 nitrogen and oxygen atoms in total. The van der Waals surface area contributed by atoms with Gasteiger partial charge in [0.1, 0.15) is 0 Å². The molecule has 25 heavy (non-hydrogen) atoms. The van der Waals surface area contributed by atoms with E-state index in [1.165, 1.54) is 0 Å². The van der Waals surface area contributed by atoms with Gasteiger partial charge in [0.15, 0.2) is 11.6 Å². The van der Waals surface area contributed by atoms with Crippen LogP contribution in [0, 0.1) is 11.3 Å². The number of nitriles is 1. The molecule has 0 atom stereocenters. The molecule has 3 aromatic rings. The van der Waals surface area contributed by atoms with Crippen LogP contribution in [-0.4, -0.2) is 16.1 Å². The van der Waals surface area contributed by atoms with Gasteiger partial charge in [-0.2, -0.15) is 5.26 Å². The molecule has 1 amide bonds. The number of aromatic nitrogens is 2. The molecule has 0 aliphatic rings. The summed E-state index contributed by atoms with van der Waals surface area (Å²) in [7, 11) is 0. The summed E-state index contributed by atoms with van der Waals surface area (Å²) in [5.41, 5.74) is 1.71. The molecular weight excluding hydrogens is 338 g/mol. The molecule has 0 saturated carbocycles. The number of hydrogen-bond donors (Lipinski definition) is 2. The van der Waals surface area contributed by atoms with Crippen molar-refractivity contribution in [2.24, 2.45) is 0 Å². The number of nitrogens with one attached hydrogen (secondary N) is 2. The smallest absolute Gasteiger partial charge is 0.256 e. The van der Waals surface area contributed by atoms with Crippen molar-refractivity contribution in [2.45, 2.75) is 0 Å². The molecule has 0 saturated heterocycles. The quantitative estimate of drug-likeness (QED) is 0.743. The normalized spacial score (nSPS) is 9.92. The number of rotatable bonds is 4. The Labute approximate surface area is 149 Å². The lowest BCUT2D eigenvalue weighted by atomic mass is 10.2. The van der Waals surface area contributed by atoms with E-state index in [0.29, 0.717) is 27.8 Å². The SMILES string of the molecule is N#Cc1cccc(Nc2ccc(NC(=O)c3cccc(Cl)c3)nn2)c1. The molecule has 0 bridgehead atoms. The Morgan fingerprint density at radius 1 is 1.00 bits per heavy atom. The number of amides is 1. The summed E-state index contributed by atoms with van der Waals surface area (Å²) in [6.07, 6.45) is 0. The van der Waals surface area contributed by atoms with Gasteiger partial charge >= 0.3 is 0 Å². The first kappa shape index (κ1) is 16.4. The predicted molar refractivity (Wildman–Crippen MR) is 95.9 cm³/mol. The van der Waals surface area contributed by atoms with Crippen LogP contribution < -0.4 is 10.6 Å². The fraction of sp³-hybridized carbons (Fsp3) is 0. The van der Waals surface area contributed by atoms with Gasteiger partial charge in [-0.1, -0.05) is 23.7 Å². The Bertz CT molecular complexity index is 950. The van der Waals surface area contributed by atoms with E-state index in [1.54, 1.807) is 54.6 Å². The van der Waals surface area contributed by atoms with E-state index in [4.69, 9.17) is 16.9 Å². The maximum atomic E-state index is 12.1. The van der Waals surface area contributed by atoms with E-state index < -0.39 is 0 Å². The molecular formula is C18H12ClN5O. The first-order valence-corrected chi connectivity index (χ1v) is 7.70. The largest absolute Gasteiger partial charge is 0.339 e. The highest BCUT2D eigenvalue weighted by atomic mass is 35.5. The zero-order chi connectivity index (χ0) is 17.6. The van der Waals surface area contributed by atoms with E-state index in [-0.39, 0.29) is 5.91 Å². The van der Waals surface area contributed by atoms with Crippen molar-refractivity contribution in [2.75, 3.05) is 10.6 Å².